The normalized spacial score (nSPS) is 16.0. The van der Waals surface area contributed by atoms with Gasteiger partial charge in [0.15, 0.2) is 0 Å². The molecular weight excluding hydrogens is 452 g/mol. The lowest BCUT2D eigenvalue weighted by molar-refractivity contribution is -0.115. The van der Waals surface area contributed by atoms with E-state index in [-0.39, 0.29) is 17.1 Å². The first kappa shape index (κ1) is 23.4. The molecule has 4 rings (SSSR count). The van der Waals surface area contributed by atoms with Crippen molar-refractivity contribution in [2.24, 2.45) is 0 Å². The third-order valence-corrected chi connectivity index (χ3v) is 8.10. The number of nitrogens with two attached hydrogens (primary N) is 1. The van der Waals surface area contributed by atoms with Crippen molar-refractivity contribution >= 4 is 45.7 Å². The van der Waals surface area contributed by atoms with Gasteiger partial charge in [0.25, 0.3) is 0 Å². The van der Waals surface area contributed by atoms with Crippen LogP contribution in [-0.4, -0.2) is 23.7 Å². The van der Waals surface area contributed by atoms with Crippen molar-refractivity contribution in [1.82, 2.24) is 0 Å². The Bertz CT molecular complexity index is 1130. The van der Waals surface area contributed by atoms with Crippen LogP contribution in [0, 0.1) is 0 Å². The van der Waals surface area contributed by atoms with Crippen molar-refractivity contribution in [3.05, 3.63) is 76.2 Å². The van der Waals surface area contributed by atoms with Gasteiger partial charge in [0.1, 0.15) is 5.00 Å². The minimum Gasteiger partial charge on any atom is -0.462 e. The zero-order valence-electron chi connectivity index (χ0n) is 18.8. The quantitative estimate of drug-likeness (QED) is 0.250. The number of thiophene rings is 1. The predicted octanol–water partition coefficient (Wildman–Crippen LogP) is 5.90. The Morgan fingerprint density at radius 2 is 1.91 bits per heavy atom. The molecule has 1 heterocycles. The molecule has 0 bridgehead atoms. The summed E-state index contributed by atoms with van der Waals surface area (Å²) in [5.74, 6) is -0.0844. The lowest BCUT2D eigenvalue weighted by Gasteiger charge is -2.23. The summed E-state index contributed by atoms with van der Waals surface area (Å²) in [5.41, 5.74) is 9.31. The molecule has 1 aliphatic carbocycles. The number of esters is 1. The van der Waals surface area contributed by atoms with Crippen molar-refractivity contribution in [2.45, 2.75) is 49.2 Å². The number of anilines is 2. The Kier molecular flexibility index (Phi) is 7.40. The highest BCUT2D eigenvalue weighted by Crippen LogP contribution is 2.43. The highest BCUT2D eigenvalue weighted by atomic mass is 32.2. The molecule has 2 unspecified atom stereocenters. The smallest absolute Gasteiger partial charge is 0.341 e. The summed E-state index contributed by atoms with van der Waals surface area (Å²) in [6.07, 6.45) is 2.63. The first-order valence-electron chi connectivity index (χ1n) is 11.2. The molecule has 1 amide bonds. The van der Waals surface area contributed by atoms with Crippen molar-refractivity contribution < 1.29 is 14.3 Å². The Balaban J connectivity index is 1.55. The molecular formula is C26H28N2O3S2. The zero-order chi connectivity index (χ0) is 23.4. The Hall–Kier alpha value is -2.77. The third kappa shape index (κ3) is 5.42. The average Bonchev–Trinajstić information content (AvgIpc) is 3.18. The second kappa shape index (κ2) is 10.4. The monoisotopic (exact) mass is 480 g/mol. The summed E-state index contributed by atoms with van der Waals surface area (Å²) in [6, 6.07) is 17.9. The fourth-order valence-electron chi connectivity index (χ4n) is 4.12. The summed E-state index contributed by atoms with van der Waals surface area (Å²) >= 11 is 2.97. The van der Waals surface area contributed by atoms with E-state index in [1.165, 1.54) is 28.7 Å². The SMILES string of the molecule is CCOC(=O)c1c(NC(=O)C(C)Sc2ccc(N)cc2)sc2c1CCC(c1ccccc1)C2. The number of benzene rings is 2. The molecule has 0 fully saturated rings. The van der Waals surface area contributed by atoms with Crippen LogP contribution < -0.4 is 11.1 Å². The number of amides is 1. The van der Waals surface area contributed by atoms with E-state index in [2.05, 4.69) is 29.6 Å². The molecule has 5 nitrogen and oxygen atoms in total. The maximum atomic E-state index is 13.0. The van der Waals surface area contributed by atoms with E-state index in [0.717, 1.165) is 34.6 Å². The van der Waals surface area contributed by atoms with Crippen LogP contribution in [-0.2, 0) is 22.4 Å². The van der Waals surface area contributed by atoms with Crippen molar-refractivity contribution in [1.29, 1.82) is 0 Å². The Labute approximate surface area is 202 Å². The molecule has 0 spiro atoms. The Morgan fingerprint density at radius 1 is 1.18 bits per heavy atom. The lowest BCUT2D eigenvalue weighted by atomic mass is 9.83. The van der Waals surface area contributed by atoms with Crippen molar-refractivity contribution in [3.63, 3.8) is 0 Å². The summed E-state index contributed by atoms with van der Waals surface area (Å²) in [6.45, 7) is 3.96. The van der Waals surface area contributed by atoms with E-state index in [1.807, 2.05) is 37.3 Å². The van der Waals surface area contributed by atoms with Crippen LogP contribution in [0.1, 0.15) is 52.5 Å². The van der Waals surface area contributed by atoms with Gasteiger partial charge < -0.3 is 15.8 Å². The second-order valence-electron chi connectivity index (χ2n) is 8.10. The highest BCUT2D eigenvalue weighted by molar-refractivity contribution is 8.00. The van der Waals surface area contributed by atoms with Crippen LogP contribution in [0.5, 0.6) is 0 Å². The van der Waals surface area contributed by atoms with Crippen LogP contribution in [0.15, 0.2) is 59.5 Å². The molecule has 0 radical (unpaired) electrons. The van der Waals surface area contributed by atoms with E-state index in [9.17, 15) is 9.59 Å². The van der Waals surface area contributed by atoms with Crippen LogP contribution in [0.2, 0.25) is 0 Å². The molecule has 33 heavy (non-hydrogen) atoms. The number of nitrogen functional groups attached to an aromatic ring is 1. The molecule has 0 aliphatic heterocycles. The average molecular weight is 481 g/mol. The number of hydrogen-bond donors (Lipinski definition) is 2. The number of thioether (sulfide) groups is 1. The predicted molar refractivity (Wildman–Crippen MR) is 136 cm³/mol. The molecule has 0 saturated carbocycles. The van der Waals surface area contributed by atoms with E-state index in [0.29, 0.717) is 28.8 Å². The summed E-state index contributed by atoms with van der Waals surface area (Å²) < 4.78 is 5.35. The van der Waals surface area contributed by atoms with Crippen LogP contribution in [0.3, 0.4) is 0 Å². The number of rotatable bonds is 7. The molecule has 7 heteroatoms. The first-order valence-corrected chi connectivity index (χ1v) is 12.9. The van der Waals surface area contributed by atoms with E-state index in [1.54, 1.807) is 6.92 Å². The largest absolute Gasteiger partial charge is 0.462 e. The lowest BCUT2D eigenvalue weighted by Crippen LogP contribution is -2.23. The van der Waals surface area contributed by atoms with Crippen molar-refractivity contribution in [2.75, 3.05) is 17.7 Å². The number of carbonyl (C=O) groups is 2. The van der Waals surface area contributed by atoms with Gasteiger partial charge in [-0.15, -0.1) is 23.1 Å². The van der Waals surface area contributed by atoms with Gasteiger partial charge in [0, 0.05) is 15.5 Å². The van der Waals surface area contributed by atoms with Gasteiger partial charge in [0.05, 0.1) is 17.4 Å². The van der Waals surface area contributed by atoms with Gasteiger partial charge in [-0.3, -0.25) is 4.79 Å². The van der Waals surface area contributed by atoms with Gasteiger partial charge in [-0.1, -0.05) is 30.3 Å². The van der Waals surface area contributed by atoms with Crippen LogP contribution in [0.25, 0.3) is 0 Å². The molecule has 1 aliphatic rings. The molecule has 2 atom stereocenters. The van der Waals surface area contributed by atoms with E-state index >= 15 is 0 Å². The molecule has 3 N–H and O–H groups in total. The molecule has 2 aromatic carbocycles. The minimum atomic E-state index is -0.359. The molecule has 172 valence electrons. The number of nitrogens with one attached hydrogen (secondary N) is 1. The number of fused-ring (bicyclic) bond motifs is 1. The summed E-state index contributed by atoms with van der Waals surface area (Å²) in [4.78, 5) is 28.0. The first-order chi connectivity index (χ1) is 16.0. The van der Waals surface area contributed by atoms with E-state index in [4.69, 9.17) is 10.5 Å². The zero-order valence-corrected chi connectivity index (χ0v) is 20.4. The third-order valence-electron chi connectivity index (χ3n) is 5.81. The number of hydrogen-bond acceptors (Lipinski definition) is 6. The number of ether oxygens (including phenoxy) is 1. The van der Waals surface area contributed by atoms with Crippen LogP contribution in [0.4, 0.5) is 10.7 Å². The van der Waals surface area contributed by atoms with Gasteiger partial charge in [-0.2, -0.15) is 0 Å². The maximum Gasteiger partial charge on any atom is 0.341 e. The molecule has 3 aromatic rings. The van der Waals surface area contributed by atoms with E-state index < -0.39 is 0 Å². The minimum absolute atomic E-state index is 0.138. The van der Waals surface area contributed by atoms with Gasteiger partial charge in [-0.05, 0) is 74.4 Å². The molecule has 1 aromatic heterocycles. The van der Waals surface area contributed by atoms with Crippen LogP contribution >= 0.6 is 23.1 Å². The van der Waals surface area contributed by atoms with Gasteiger partial charge >= 0.3 is 5.97 Å². The van der Waals surface area contributed by atoms with Gasteiger partial charge in [-0.25, -0.2) is 4.79 Å². The van der Waals surface area contributed by atoms with Crippen molar-refractivity contribution in [3.8, 4) is 0 Å². The highest BCUT2D eigenvalue weighted by Gasteiger charge is 2.31. The maximum absolute atomic E-state index is 13.0. The van der Waals surface area contributed by atoms with Gasteiger partial charge in [0.2, 0.25) is 5.91 Å². The topological polar surface area (TPSA) is 81.4 Å². The Morgan fingerprint density at radius 3 is 2.61 bits per heavy atom. The standard InChI is InChI=1S/C26H28N2O3S2/c1-3-31-26(30)23-21-14-9-18(17-7-5-4-6-8-17)15-22(21)33-25(23)28-24(29)16(2)32-20-12-10-19(27)11-13-20/h4-8,10-13,16,18H,3,9,14-15,27H2,1-2H3,(H,28,29). The fourth-order valence-corrected chi connectivity index (χ4v) is 6.31. The summed E-state index contributed by atoms with van der Waals surface area (Å²) in [5, 5.41) is 3.29. The second-order valence-corrected chi connectivity index (χ2v) is 10.6. The summed E-state index contributed by atoms with van der Waals surface area (Å²) in [7, 11) is 0. The molecule has 0 saturated heterocycles. The number of carbonyl (C=O) groups excluding carboxylic acids is 2. The fraction of sp³-hybridized carbons (Fsp3) is 0.308.